The minimum absolute atomic E-state index is 0.187. The maximum Gasteiger partial charge on any atom is 0.309 e. The van der Waals surface area contributed by atoms with Crippen molar-refractivity contribution in [2.24, 2.45) is 5.41 Å². The number of carbonyl (C=O) groups is 1. The van der Waals surface area contributed by atoms with Crippen LogP contribution in [0.4, 0.5) is 0 Å². The van der Waals surface area contributed by atoms with Gasteiger partial charge in [0.25, 0.3) is 0 Å². The molecule has 0 saturated carbocycles. The van der Waals surface area contributed by atoms with E-state index in [1.807, 2.05) is 32.1 Å². The number of aliphatic hydroxyl groups is 1. The second-order valence-corrected chi connectivity index (χ2v) is 7.89. The number of hydrogen-bond donors (Lipinski definition) is 4. The van der Waals surface area contributed by atoms with Crippen LogP contribution in [0.5, 0.6) is 0 Å². The highest BCUT2D eigenvalue weighted by Gasteiger charge is 2.25. The summed E-state index contributed by atoms with van der Waals surface area (Å²) >= 11 is 5.94. The normalized spacial score (nSPS) is 14.9. The summed E-state index contributed by atoms with van der Waals surface area (Å²) in [5.74, 6) is -0.786. The van der Waals surface area contributed by atoms with Gasteiger partial charge in [0.1, 0.15) is 0 Å². The van der Waals surface area contributed by atoms with Gasteiger partial charge in [-0.05, 0) is 51.8 Å². The van der Waals surface area contributed by atoms with Gasteiger partial charge in [-0.15, -0.1) is 0 Å². The molecule has 2 atom stereocenters. The monoisotopic (exact) mass is 382 g/mol. The van der Waals surface area contributed by atoms with Crippen LogP contribution in [0.2, 0.25) is 5.02 Å². The zero-order valence-electron chi connectivity index (χ0n) is 16.1. The van der Waals surface area contributed by atoms with Crippen molar-refractivity contribution in [1.82, 2.24) is 10.6 Å². The Bertz CT molecular complexity index is 617. The van der Waals surface area contributed by atoms with E-state index < -0.39 is 17.5 Å². The molecule has 0 bridgehead atoms. The Kier molecular flexibility index (Phi) is 9.30. The third kappa shape index (κ3) is 8.32. The first-order valence-electron chi connectivity index (χ1n) is 8.88. The lowest BCUT2D eigenvalue weighted by Gasteiger charge is -2.19. The van der Waals surface area contributed by atoms with Gasteiger partial charge in [-0.2, -0.15) is 0 Å². The molecule has 0 heterocycles. The summed E-state index contributed by atoms with van der Waals surface area (Å²) < 4.78 is 0. The average Bonchev–Trinajstić information content (AvgIpc) is 2.57. The van der Waals surface area contributed by atoms with Gasteiger partial charge in [-0.1, -0.05) is 35.4 Å². The number of aliphatic hydroxyl groups excluding tert-OH is 1. The highest BCUT2D eigenvalue weighted by Crippen LogP contribution is 2.21. The Morgan fingerprint density at radius 1 is 1.35 bits per heavy atom. The molecule has 4 N–H and O–H groups in total. The lowest BCUT2D eigenvalue weighted by molar-refractivity contribution is -0.146. The first kappa shape index (κ1) is 22.6. The molecule has 1 rings (SSSR count). The summed E-state index contributed by atoms with van der Waals surface area (Å²) in [7, 11) is 0. The van der Waals surface area contributed by atoms with Crippen LogP contribution >= 0.6 is 11.6 Å². The predicted molar refractivity (Wildman–Crippen MR) is 107 cm³/mol. The van der Waals surface area contributed by atoms with Crippen LogP contribution in [0.3, 0.4) is 0 Å². The van der Waals surface area contributed by atoms with Gasteiger partial charge in [0.05, 0.1) is 11.5 Å². The predicted octanol–water partition coefficient (Wildman–Crippen LogP) is 3.39. The molecule has 0 radical (unpaired) electrons. The summed E-state index contributed by atoms with van der Waals surface area (Å²) in [5, 5.41) is 26.6. The van der Waals surface area contributed by atoms with E-state index in [-0.39, 0.29) is 6.04 Å². The number of carboxylic acid groups (broad SMARTS) is 1. The topological polar surface area (TPSA) is 81.6 Å². The fraction of sp³-hybridized carbons (Fsp3) is 0.550. The van der Waals surface area contributed by atoms with Crippen LogP contribution in [0.25, 0.3) is 0 Å². The maximum atomic E-state index is 11.1. The fourth-order valence-electron chi connectivity index (χ4n) is 2.29. The molecule has 0 spiro atoms. The second-order valence-electron chi connectivity index (χ2n) is 7.45. The molecule has 0 aliphatic carbocycles. The molecule has 0 fully saturated rings. The lowest BCUT2D eigenvalue weighted by atomic mass is 9.89. The maximum absolute atomic E-state index is 11.1. The number of hydrogen-bond acceptors (Lipinski definition) is 4. The molecule has 0 aliphatic heterocycles. The van der Waals surface area contributed by atoms with Crippen LogP contribution < -0.4 is 10.6 Å². The molecule has 0 aliphatic rings. The zero-order valence-corrected chi connectivity index (χ0v) is 16.8. The van der Waals surface area contributed by atoms with Gasteiger partial charge >= 0.3 is 5.97 Å². The summed E-state index contributed by atoms with van der Waals surface area (Å²) in [6, 6.07) is 7.42. The molecule has 2 unspecified atom stereocenters. The van der Waals surface area contributed by atoms with E-state index in [1.165, 1.54) is 0 Å². The summed E-state index contributed by atoms with van der Waals surface area (Å²) in [5.41, 5.74) is 1.17. The third-order valence-corrected chi connectivity index (χ3v) is 4.52. The van der Waals surface area contributed by atoms with E-state index in [9.17, 15) is 9.90 Å². The van der Waals surface area contributed by atoms with E-state index in [0.29, 0.717) is 24.5 Å². The lowest BCUT2D eigenvalue weighted by Crippen LogP contribution is -2.38. The molecule has 1 aromatic carbocycles. The van der Waals surface area contributed by atoms with Crippen molar-refractivity contribution in [3.05, 3.63) is 46.5 Å². The Hall–Kier alpha value is -1.40. The Labute approximate surface area is 161 Å². The highest BCUT2D eigenvalue weighted by atomic mass is 35.5. The molecular formula is C20H31ClN2O3. The van der Waals surface area contributed by atoms with Gasteiger partial charge in [0.15, 0.2) is 0 Å². The summed E-state index contributed by atoms with van der Waals surface area (Å²) in [6.07, 6.45) is 1.88. The van der Waals surface area contributed by atoms with Crippen LogP contribution in [0, 0.1) is 5.41 Å². The Balaban J connectivity index is 2.29. The number of carboxylic acids is 1. The van der Waals surface area contributed by atoms with Crippen molar-refractivity contribution in [3.8, 4) is 0 Å². The molecule has 6 heteroatoms. The molecule has 146 valence electrons. The number of benzene rings is 1. The fourth-order valence-corrected chi connectivity index (χ4v) is 2.49. The van der Waals surface area contributed by atoms with Gasteiger partial charge in [0, 0.05) is 30.7 Å². The SMILES string of the molecule is C/C(=C\CC(C)(C)C(=O)O)CNCC(C)NCC(O)c1cccc(Cl)c1. The Morgan fingerprint density at radius 3 is 2.65 bits per heavy atom. The summed E-state index contributed by atoms with van der Waals surface area (Å²) in [6.45, 7) is 9.39. The Morgan fingerprint density at radius 2 is 2.04 bits per heavy atom. The van der Waals surface area contributed by atoms with Crippen LogP contribution in [-0.2, 0) is 4.79 Å². The van der Waals surface area contributed by atoms with E-state index in [0.717, 1.165) is 17.7 Å². The first-order valence-corrected chi connectivity index (χ1v) is 9.26. The smallest absolute Gasteiger partial charge is 0.309 e. The molecule has 0 aromatic heterocycles. The molecule has 0 saturated heterocycles. The minimum atomic E-state index is -0.786. The molecular weight excluding hydrogens is 352 g/mol. The zero-order chi connectivity index (χ0) is 19.7. The van der Waals surface area contributed by atoms with Crippen molar-refractivity contribution in [1.29, 1.82) is 0 Å². The van der Waals surface area contributed by atoms with Crippen LogP contribution in [0.15, 0.2) is 35.9 Å². The van der Waals surface area contributed by atoms with Crippen molar-refractivity contribution in [2.45, 2.75) is 46.3 Å². The standard InChI is InChI=1S/C20H31ClN2O3/c1-14(8-9-20(3,4)19(25)26)11-22-12-15(2)23-13-18(24)16-6-5-7-17(21)10-16/h5-8,10,15,18,22-24H,9,11-13H2,1-4H3,(H,25,26)/b14-8+. The number of nitrogens with one attached hydrogen (secondary N) is 2. The van der Waals surface area contributed by atoms with Crippen molar-refractivity contribution in [3.63, 3.8) is 0 Å². The van der Waals surface area contributed by atoms with Crippen LogP contribution in [0.1, 0.15) is 45.8 Å². The molecule has 5 nitrogen and oxygen atoms in total. The van der Waals surface area contributed by atoms with Crippen LogP contribution in [-0.4, -0.2) is 41.9 Å². The minimum Gasteiger partial charge on any atom is -0.481 e. The largest absolute Gasteiger partial charge is 0.481 e. The van der Waals surface area contributed by atoms with E-state index in [4.69, 9.17) is 16.7 Å². The van der Waals surface area contributed by atoms with E-state index in [1.54, 1.807) is 26.0 Å². The van der Waals surface area contributed by atoms with Gasteiger partial charge in [-0.25, -0.2) is 0 Å². The van der Waals surface area contributed by atoms with Crippen molar-refractivity contribution in [2.75, 3.05) is 19.6 Å². The third-order valence-electron chi connectivity index (χ3n) is 4.29. The number of rotatable bonds is 11. The van der Waals surface area contributed by atoms with Gasteiger partial charge in [0.2, 0.25) is 0 Å². The average molecular weight is 383 g/mol. The molecule has 0 amide bonds. The van der Waals surface area contributed by atoms with E-state index >= 15 is 0 Å². The quantitative estimate of drug-likeness (QED) is 0.441. The number of halogens is 1. The number of allylic oxidation sites excluding steroid dienone is 1. The van der Waals surface area contributed by atoms with E-state index in [2.05, 4.69) is 10.6 Å². The second kappa shape index (κ2) is 10.7. The van der Waals surface area contributed by atoms with Gasteiger partial charge < -0.3 is 20.8 Å². The number of aliphatic carboxylic acids is 1. The van der Waals surface area contributed by atoms with Crippen molar-refractivity contribution >= 4 is 17.6 Å². The van der Waals surface area contributed by atoms with Gasteiger partial charge in [-0.3, -0.25) is 4.79 Å². The van der Waals surface area contributed by atoms with Crippen molar-refractivity contribution < 1.29 is 15.0 Å². The molecule has 26 heavy (non-hydrogen) atoms. The summed E-state index contributed by atoms with van der Waals surface area (Å²) in [4.78, 5) is 11.1. The first-order chi connectivity index (χ1) is 12.1. The highest BCUT2D eigenvalue weighted by molar-refractivity contribution is 6.30. The molecule has 1 aromatic rings.